The Labute approximate surface area is 159 Å². The van der Waals surface area contributed by atoms with Gasteiger partial charge in [0.25, 0.3) is 5.91 Å². The second kappa shape index (κ2) is 8.37. The van der Waals surface area contributed by atoms with Gasteiger partial charge >= 0.3 is 0 Å². The maximum Gasteiger partial charge on any atom is 0.251 e. The third-order valence-electron chi connectivity index (χ3n) is 5.05. The molecule has 2 aromatic carbocycles. The van der Waals surface area contributed by atoms with Gasteiger partial charge in [0.2, 0.25) is 0 Å². The molecule has 0 bridgehead atoms. The Morgan fingerprint density at radius 2 is 1.96 bits per heavy atom. The number of aliphatic hydroxyl groups is 2. The summed E-state index contributed by atoms with van der Waals surface area (Å²) >= 11 is 0. The van der Waals surface area contributed by atoms with E-state index < -0.39 is 5.60 Å². The number of carbonyl (C=O) groups excluding carboxylic acids is 1. The van der Waals surface area contributed by atoms with Crippen molar-refractivity contribution in [3.8, 4) is 11.1 Å². The van der Waals surface area contributed by atoms with Gasteiger partial charge in [0, 0.05) is 30.4 Å². The van der Waals surface area contributed by atoms with E-state index in [1.807, 2.05) is 49.5 Å². The highest BCUT2D eigenvalue weighted by Gasteiger charge is 2.25. The Balaban J connectivity index is 1.73. The Bertz CT molecular complexity index is 919. The number of nitrogens with one attached hydrogen (secondary N) is 2. The molecule has 3 aromatic rings. The fraction of sp³-hybridized carbons (Fsp3) is 0.318. The van der Waals surface area contributed by atoms with Gasteiger partial charge in [-0.15, -0.1) is 0 Å². The van der Waals surface area contributed by atoms with Crippen LogP contribution in [0.4, 0.5) is 0 Å². The maximum absolute atomic E-state index is 12.6. The predicted octanol–water partition coefficient (Wildman–Crippen LogP) is 3.48. The minimum atomic E-state index is -0.991. The average molecular weight is 366 g/mol. The molecule has 1 amide bonds. The zero-order chi connectivity index (χ0) is 19.3. The van der Waals surface area contributed by atoms with Gasteiger partial charge < -0.3 is 20.5 Å². The highest BCUT2D eigenvalue weighted by molar-refractivity contribution is 5.96. The second-order valence-electron chi connectivity index (χ2n) is 6.95. The lowest BCUT2D eigenvalue weighted by atomic mass is 9.94. The lowest BCUT2D eigenvalue weighted by Gasteiger charge is -2.26. The summed E-state index contributed by atoms with van der Waals surface area (Å²) in [4.78, 5) is 15.7. The fourth-order valence-corrected chi connectivity index (χ4v) is 3.22. The third kappa shape index (κ3) is 4.56. The lowest BCUT2D eigenvalue weighted by Crippen LogP contribution is -2.42. The van der Waals surface area contributed by atoms with Gasteiger partial charge in [0.05, 0.1) is 5.60 Å². The summed E-state index contributed by atoms with van der Waals surface area (Å²) in [6.07, 6.45) is 3.39. The number of aromatic nitrogens is 1. The molecule has 142 valence electrons. The number of H-pyrrole nitrogens is 1. The molecule has 0 aliphatic carbocycles. The summed E-state index contributed by atoms with van der Waals surface area (Å²) in [5.41, 5.74) is 2.66. The summed E-state index contributed by atoms with van der Waals surface area (Å²) in [5, 5.41) is 23.5. The molecule has 0 spiro atoms. The molecule has 4 N–H and O–H groups in total. The van der Waals surface area contributed by atoms with Crippen LogP contribution in [0.1, 0.15) is 36.5 Å². The quantitative estimate of drug-likeness (QED) is 0.492. The van der Waals surface area contributed by atoms with E-state index in [-0.39, 0.29) is 19.1 Å². The van der Waals surface area contributed by atoms with Crippen molar-refractivity contribution >= 4 is 16.8 Å². The van der Waals surface area contributed by atoms with Crippen molar-refractivity contribution in [3.63, 3.8) is 0 Å². The molecule has 0 unspecified atom stereocenters. The van der Waals surface area contributed by atoms with Gasteiger partial charge in [0.15, 0.2) is 0 Å². The van der Waals surface area contributed by atoms with Crippen molar-refractivity contribution in [2.24, 2.45) is 0 Å². The molecule has 0 radical (unpaired) electrons. The Morgan fingerprint density at radius 1 is 1.15 bits per heavy atom. The van der Waals surface area contributed by atoms with Gasteiger partial charge in [-0.2, -0.15) is 0 Å². The largest absolute Gasteiger partial charge is 0.396 e. The minimum Gasteiger partial charge on any atom is -0.396 e. The van der Waals surface area contributed by atoms with Crippen LogP contribution in [0.5, 0.6) is 0 Å². The molecular weight excluding hydrogens is 340 g/mol. The van der Waals surface area contributed by atoms with E-state index in [0.717, 1.165) is 22.0 Å². The Kier molecular flexibility index (Phi) is 5.94. The molecule has 5 nitrogen and oxygen atoms in total. The zero-order valence-electron chi connectivity index (χ0n) is 15.5. The van der Waals surface area contributed by atoms with Crippen LogP contribution in [0.2, 0.25) is 0 Å². The number of rotatable bonds is 8. The van der Waals surface area contributed by atoms with E-state index in [9.17, 15) is 9.90 Å². The number of aromatic amines is 1. The van der Waals surface area contributed by atoms with Crippen molar-refractivity contribution in [3.05, 3.63) is 60.3 Å². The first-order valence-electron chi connectivity index (χ1n) is 9.34. The SMILES string of the molecule is CC[C@](O)(CCCO)CNC(=O)c1cccc(-c2ccc3[nH]ccc3c2)c1. The van der Waals surface area contributed by atoms with Crippen LogP contribution in [-0.4, -0.2) is 39.9 Å². The van der Waals surface area contributed by atoms with Gasteiger partial charge in [-0.25, -0.2) is 0 Å². The van der Waals surface area contributed by atoms with Crippen LogP contribution >= 0.6 is 0 Å². The highest BCUT2D eigenvalue weighted by atomic mass is 16.3. The Hall–Kier alpha value is -2.63. The van der Waals surface area contributed by atoms with Crippen LogP contribution in [0.3, 0.4) is 0 Å². The fourth-order valence-electron chi connectivity index (χ4n) is 3.22. The van der Waals surface area contributed by atoms with E-state index in [0.29, 0.717) is 24.8 Å². The van der Waals surface area contributed by atoms with E-state index in [1.54, 1.807) is 6.07 Å². The van der Waals surface area contributed by atoms with Crippen LogP contribution in [0, 0.1) is 0 Å². The summed E-state index contributed by atoms with van der Waals surface area (Å²) in [5.74, 6) is -0.213. The molecule has 1 atom stereocenters. The molecule has 3 rings (SSSR count). The summed E-state index contributed by atoms with van der Waals surface area (Å²) in [7, 11) is 0. The zero-order valence-corrected chi connectivity index (χ0v) is 15.5. The molecule has 1 heterocycles. The summed E-state index contributed by atoms with van der Waals surface area (Å²) in [6, 6.07) is 15.6. The molecule has 0 aliphatic heterocycles. The van der Waals surface area contributed by atoms with Crippen molar-refractivity contribution in [1.29, 1.82) is 0 Å². The molecule has 0 fully saturated rings. The highest BCUT2D eigenvalue weighted by Crippen LogP contribution is 2.25. The van der Waals surface area contributed by atoms with E-state index >= 15 is 0 Å². The van der Waals surface area contributed by atoms with Crippen LogP contribution in [-0.2, 0) is 0 Å². The molecule has 5 heteroatoms. The molecule has 0 saturated carbocycles. The maximum atomic E-state index is 12.6. The molecular formula is C22H26N2O3. The van der Waals surface area contributed by atoms with Crippen molar-refractivity contribution in [2.75, 3.05) is 13.2 Å². The standard InChI is InChI=1S/C22H26N2O3/c1-2-22(27,10-4-12-25)15-24-21(26)19-6-3-5-16(14-19)17-7-8-20-18(13-17)9-11-23-20/h3,5-9,11,13-14,23,25,27H,2,4,10,12,15H2,1H3,(H,24,26)/t22-/m0/s1. The second-order valence-corrected chi connectivity index (χ2v) is 6.95. The van der Waals surface area contributed by atoms with Gasteiger partial charge in [0.1, 0.15) is 0 Å². The molecule has 0 saturated heterocycles. The number of hydrogen-bond acceptors (Lipinski definition) is 3. The predicted molar refractivity (Wildman–Crippen MR) is 108 cm³/mol. The van der Waals surface area contributed by atoms with Crippen molar-refractivity contribution in [1.82, 2.24) is 10.3 Å². The summed E-state index contributed by atoms with van der Waals surface area (Å²) in [6.45, 7) is 2.08. The number of carbonyl (C=O) groups is 1. The number of amides is 1. The monoisotopic (exact) mass is 366 g/mol. The van der Waals surface area contributed by atoms with Gasteiger partial charge in [-0.3, -0.25) is 4.79 Å². The van der Waals surface area contributed by atoms with Crippen LogP contribution in [0.25, 0.3) is 22.0 Å². The van der Waals surface area contributed by atoms with Gasteiger partial charge in [-0.05, 0) is 66.1 Å². The van der Waals surface area contributed by atoms with E-state index in [1.165, 1.54) is 0 Å². The van der Waals surface area contributed by atoms with Gasteiger partial charge in [-0.1, -0.05) is 25.1 Å². The first-order valence-corrected chi connectivity index (χ1v) is 9.34. The lowest BCUT2D eigenvalue weighted by molar-refractivity contribution is 0.0212. The molecule has 0 aliphatic rings. The minimum absolute atomic E-state index is 0.0315. The Morgan fingerprint density at radius 3 is 2.74 bits per heavy atom. The molecule has 1 aromatic heterocycles. The van der Waals surface area contributed by atoms with Crippen molar-refractivity contribution in [2.45, 2.75) is 31.8 Å². The number of fused-ring (bicyclic) bond motifs is 1. The average Bonchev–Trinajstić information content (AvgIpc) is 3.18. The normalized spacial score (nSPS) is 13.4. The number of hydrogen-bond donors (Lipinski definition) is 4. The van der Waals surface area contributed by atoms with Crippen LogP contribution in [0.15, 0.2) is 54.7 Å². The number of benzene rings is 2. The first-order chi connectivity index (χ1) is 13.0. The molecule has 27 heavy (non-hydrogen) atoms. The van der Waals surface area contributed by atoms with E-state index in [4.69, 9.17) is 5.11 Å². The smallest absolute Gasteiger partial charge is 0.251 e. The third-order valence-corrected chi connectivity index (χ3v) is 5.05. The van der Waals surface area contributed by atoms with E-state index in [2.05, 4.69) is 16.4 Å². The summed E-state index contributed by atoms with van der Waals surface area (Å²) < 4.78 is 0. The topological polar surface area (TPSA) is 85.3 Å². The number of aliphatic hydroxyl groups excluding tert-OH is 1. The van der Waals surface area contributed by atoms with Crippen LogP contribution < -0.4 is 5.32 Å². The first kappa shape index (κ1) is 19.1. The van der Waals surface area contributed by atoms with Crippen molar-refractivity contribution < 1.29 is 15.0 Å².